The Kier molecular flexibility index (Phi) is 3.75. The van der Waals surface area contributed by atoms with Gasteiger partial charge in [0.15, 0.2) is 0 Å². The molecule has 0 radical (unpaired) electrons. The monoisotopic (exact) mass is 129 g/mol. The van der Waals surface area contributed by atoms with Crippen LogP contribution in [0.15, 0.2) is 18.3 Å². The van der Waals surface area contributed by atoms with Gasteiger partial charge in [0.25, 0.3) is 0 Å². The Labute approximate surface area is 53.6 Å². The number of hydrogen-bond acceptors (Lipinski definition) is 1. The molecule has 4 N–H and O–H groups in total. The Morgan fingerprint density at radius 2 is 2.33 bits per heavy atom. The summed E-state index contributed by atoms with van der Waals surface area (Å²) in [5, 5.41) is 8.42. The molecule has 0 amide bonds. The molecule has 0 fully saturated rings. The SMILES string of the molecule is O.OCCc1ccc[nH]1. The molecule has 0 unspecified atom stereocenters. The first-order valence-electron chi connectivity index (χ1n) is 2.66. The molecule has 1 aromatic rings. The van der Waals surface area contributed by atoms with Crippen LogP contribution in [-0.2, 0) is 6.42 Å². The molecule has 1 aromatic heterocycles. The summed E-state index contributed by atoms with van der Waals surface area (Å²) in [6.07, 6.45) is 2.58. The van der Waals surface area contributed by atoms with Crippen molar-refractivity contribution < 1.29 is 10.6 Å². The minimum Gasteiger partial charge on any atom is -0.412 e. The van der Waals surface area contributed by atoms with Crippen LogP contribution in [0.5, 0.6) is 0 Å². The van der Waals surface area contributed by atoms with Gasteiger partial charge in [0.2, 0.25) is 0 Å². The van der Waals surface area contributed by atoms with Gasteiger partial charge in [-0.15, -0.1) is 0 Å². The standard InChI is InChI=1S/C6H9NO.H2O/c8-5-3-6-2-1-4-7-6;/h1-2,4,7-8H,3,5H2;1H2. The fourth-order valence-electron chi connectivity index (χ4n) is 0.643. The predicted octanol–water partition coefficient (Wildman–Crippen LogP) is -0.275. The first-order valence-corrected chi connectivity index (χ1v) is 2.66. The van der Waals surface area contributed by atoms with Crippen molar-refractivity contribution in [1.29, 1.82) is 0 Å². The first kappa shape index (κ1) is 8.20. The van der Waals surface area contributed by atoms with Gasteiger partial charge in [-0.1, -0.05) is 0 Å². The second kappa shape index (κ2) is 4.12. The number of H-pyrrole nitrogens is 1. The molecule has 52 valence electrons. The van der Waals surface area contributed by atoms with Crippen molar-refractivity contribution in [3.05, 3.63) is 24.0 Å². The largest absolute Gasteiger partial charge is 0.412 e. The van der Waals surface area contributed by atoms with Crippen molar-refractivity contribution in [1.82, 2.24) is 4.98 Å². The molecule has 0 spiro atoms. The molecular formula is C6H11NO2. The highest BCUT2D eigenvalue weighted by Crippen LogP contribution is 1.92. The molecule has 1 rings (SSSR count). The maximum Gasteiger partial charge on any atom is 0.0485 e. The van der Waals surface area contributed by atoms with E-state index in [4.69, 9.17) is 5.11 Å². The van der Waals surface area contributed by atoms with E-state index in [0.29, 0.717) is 0 Å². The van der Waals surface area contributed by atoms with E-state index in [1.54, 1.807) is 0 Å². The van der Waals surface area contributed by atoms with Crippen LogP contribution in [0.2, 0.25) is 0 Å². The minimum atomic E-state index is 0. The van der Waals surface area contributed by atoms with Crippen LogP contribution in [0.3, 0.4) is 0 Å². The molecule has 3 heteroatoms. The van der Waals surface area contributed by atoms with E-state index in [1.165, 1.54) is 0 Å². The van der Waals surface area contributed by atoms with Gasteiger partial charge < -0.3 is 15.6 Å². The van der Waals surface area contributed by atoms with Crippen LogP contribution in [0.4, 0.5) is 0 Å². The quantitative estimate of drug-likeness (QED) is 0.566. The average molecular weight is 129 g/mol. The van der Waals surface area contributed by atoms with Crippen LogP contribution in [0.1, 0.15) is 5.69 Å². The number of rotatable bonds is 2. The molecule has 0 saturated carbocycles. The lowest BCUT2D eigenvalue weighted by Gasteiger charge is -1.87. The van der Waals surface area contributed by atoms with E-state index in [1.807, 2.05) is 18.3 Å². The molecule has 0 aliphatic carbocycles. The zero-order valence-corrected chi connectivity index (χ0v) is 5.09. The lowest BCUT2D eigenvalue weighted by Crippen LogP contribution is -1.88. The molecule has 1 heterocycles. The smallest absolute Gasteiger partial charge is 0.0485 e. The Morgan fingerprint density at radius 1 is 1.56 bits per heavy atom. The molecule has 3 nitrogen and oxygen atoms in total. The topological polar surface area (TPSA) is 67.5 Å². The highest BCUT2D eigenvalue weighted by atomic mass is 16.3. The predicted molar refractivity (Wildman–Crippen MR) is 35.2 cm³/mol. The van der Waals surface area contributed by atoms with Gasteiger partial charge in [-0.3, -0.25) is 0 Å². The highest BCUT2D eigenvalue weighted by Gasteiger charge is 1.86. The molecule has 0 atom stereocenters. The van der Waals surface area contributed by atoms with Crippen LogP contribution >= 0.6 is 0 Å². The zero-order chi connectivity index (χ0) is 5.82. The summed E-state index contributed by atoms with van der Waals surface area (Å²) >= 11 is 0. The minimum absolute atomic E-state index is 0. The molecule has 0 aromatic carbocycles. The summed E-state index contributed by atoms with van der Waals surface area (Å²) in [6, 6.07) is 3.88. The third-order valence-corrected chi connectivity index (χ3v) is 1.04. The highest BCUT2D eigenvalue weighted by molar-refractivity contribution is 5.03. The van der Waals surface area contributed by atoms with Crippen molar-refractivity contribution in [3.8, 4) is 0 Å². The zero-order valence-electron chi connectivity index (χ0n) is 5.09. The maximum atomic E-state index is 8.42. The Hall–Kier alpha value is -0.800. The molecule has 0 aliphatic heterocycles. The van der Waals surface area contributed by atoms with E-state index < -0.39 is 0 Å². The molecule has 9 heavy (non-hydrogen) atoms. The maximum absolute atomic E-state index is 8.42. The van der Waals surface area contributed by atoms with Crippen molar-refractivity contribution in [2.75, 3.05) is 6.61 Å². The van der Waals surface area contributed by atoms with Crippen molar-refractivity contribution in [2.45, 2.75) is 6.42 Å². The van der Waals surface area contributed by atoms with E-state index in [9.17, 15) is 0 Å². The van der Waals surface area contributed by atoms with Crippen LogP contribution in [0, 0.1) is 0 Å². The number of aromatic nitrogens is 1. The molecule has 0 bridgehead atoms. The second-order valence-electron chi connectivity index (χ2n) is 1.67. The average Bonchev–Trinajstić information content (AvgIpc) is 2.19. The molecule has 0 aliphatic rings. The van der Waals surface area contributed by atoms with Crippen molar-refractivity contribution >= 4 is 0 Å². The summed E-state index contributed by atoms with van der Waals surface area (Å²) in [5.74, 6) is 0. The van der Waals surface area contributed by atoms with Gasteiger partial charge in [0.05, 0.1) is 0 Å². The first-order chi connectivity index (χ1) is 3.93. The summed E-state index contributed by atoms with van der Waals surface area (Å²) in [7, 11) is 0. The van der Waals surface area contributed by atoms with Gasteiger partial charge >= 0.3 is 0 Å². The Bertz CT molecular complexity index is 137. The summed E-state index contributed by atoms with van der Waals surface area (Å²) in [4.78, 5) is 2.98. The van der Waals surface area contributed by atoms with Gasteiger partial charge in [-0.25, -0.2) is 0 Å². The fourth-order valence-corrected chi connectivity index (χ4v) is 0.643. The Morgan fingerprint density at radius 3 is 2.78 bits per heavy atom. The normalized spacial score (nSPS) is 8.56. The van der Waals surface area contributed by atoms with E-state index in [0.717, 1.165) is 12.1 Å². The Balaban J connectivity index is 0.000000640. The van der Waals surface area contributed by atoms with Gasteiger partial charge in [0, 0.05) is 24.9 Å². The second-order valence-corrected chi connectivity index (χ2v) is 1.67. The number of hydrogen-bond donors (Lipinski definition) is 2. The number of aliphatic hydroxyl groups is 1. The molecule has 0 saturated heterocycles. The van der Waals surface area contributed by atoms with Gasteiger partial charge in [-0.05, 0) is 12.1 Å². The van der Waals surface area contributed by atoms with E-state index >= 15 is 0 Å². The fraction of sp³-hybridized carbons (Fsp3) is 0.333. The van der Waals surface area contributed by atoms with Gasteiger partial charge in [0.1, 0.15) is 0 Å². The third kappa shape index (κ3) is 2.30. The summed E-state index contributed by atoms with van der Waals surface area (Å²) < 4.78 is 0. The lowest BCUT2D eigenvalue weighted by molar-refractivity contribution is 0.298. The van der Waals surface area contributed by atoms with Crippen molar-refractivity contribution in [2.24, 2.45) is 0 Å². The number of aromatic amines is 1. The van der Waals surface area contributed by atoms with Crippen LogP contribution < -0.4 is 0 Å². The summed E-state index contributed by atoms with van der Waals surface area (Å²) in [6.45, 7) is 0.223. The lowest BCUT2D eigenvalue weighted by atomic mass is 10.3. The molecular weight excluding hydrogens is 118 g/mol. The van der Waals surface area contributed by atoms with Crippen LogP contribution in [0.25, 0.3) is 0 Å². The summed E-state index contributed by atoms with van der Waals surface area (Å²) in [5.41, 5.74) is 1.09. The number of aliphatic hydroxyl groups excluding tert-OH is 1. The third-order valence-electron chi connectivity index (χ3n) is 1.04. The van der Waals surface area contributed by atoms with Crippen molar-refractivity contribution in [3.63, 3.8) is 0 Å². The van der Waals surface area contributed by atoms with E-state index in [2.05, 4.69) is 4.98 Å². The van der Waals surface area contributed by atoms with E-state index in [-0.39, 0.29) is 12.1 Å². The van der Waals surface area contributed by atoms with Gasteiger partial charge in [-0.2, -0.15) is 0 Å². The number of nitrogens with one attached hydrogen (secondary N) is 1. The van der Waals surface area contributed by atoms with Crippen LogP contribution in [-0.4, -0.2) is 22.2 Å².